The topological polar surface area (TPSA) is 55.1 Å². The second-order valence-corrected chi connectivity index (χ2v) is 5.90. The van der Waals surface area contributed by atoms with Gasteiger partial charge in [-0.3, -0.25) is 0 Å². The van der Waals surface area contributed by atoms with Gasteiger partial charge in [0, 0.05) is 12.0 Å². The Hall–Kier alpha value is -1.84. The standard InChI is InChI=1S/C16H20N2O2/c1-3-13-17-14-11(15(19)20)7-6-8-12(14)18(13)16(2)9-4-5-10-16/h6-8H,3-5,9-10H2,1-2H3,(H,19,20). The van der Waals surface area contributed by atoms with Crippen LogP contribution in [0.2, 0.25) is 0 Å². The molecular weight excluding hydrogens is 252 g/mol. The third-order valence-corrected chi connectivity index (χ3v) is 4.52. The fraction of sp³-hybridized carbons (Fsp3) is 0.500. The second-order valence-electron chi connectivity index (χ2n) is 5.90. The van der Waals surface area contributed by atoms with E-state index in [0.717, 1.165) is 30.6 Å². The Morgan fingerprint density at radius 2 is 2.10 bits per heavy atom. The van der Waals surface area contributed by atoms with Crippen LogP contribution in [0.25, 0.3) is 11.0 Å². The minimum atomic E-state index is -0.903. The maximum absolute atomic E-state index is 11.4. The fourth-order valence-corrected chi connectivity index (χ4v) is 3.52. The third kappa shape index (κ3) is 1.82. The molecule has 20 heavy (non-hydrogen) atoms. The van der Waals surface area contributed by atoms with Crippen LogP contribution in [0.4, 0.5) is 0 Å². The van der Waals surface area contributed by atoms with E-state index in [0.29, 0.717) is 11.1 Å². The molecule has 1 aliphatic carbocycles. The number of rotatable bonds is 3. The molecule has 1 aromatic heterocycles. The van der Waals surface area contributed by atoms with E-state index in [1.54, 1.807) is 6.07 Å². The Kier molecular flexibility index (Phi) is 3.04. The molecule has 1 N–H and O–H groups in total. The van der Waals surface area contributed by atoms with Gasteiger partial charge in [0.2, 0.25) is 0 Å². The van der Waals surface area contributed by atoms with Gasteiger partial charge >= 0.3 is 5.97 Å². The van der Waals surface area contributed by atoms with E-state index < -0.39 is 5.97 Å². The number of benzene rings is 1. The normalized spacial score (nSPS) is 17.7. The number of carbonyl (C=O) groups is 1. The van der Waals surface area contributed by atoms with Crippen molar-refractivity contribution in [2.45, 2.75) is 51.5 Å². The molecule has 0 unspecified atom stereocenters. The van der Waals surface area contributed by atoms with Crippen LogP contribution in [-0.2, 0) is 12.0 Å². The van der Waals surface area contributed by atoms with Crippen LogP contribution in [0.3, 0.4) is 0 Å². The predicted octanol–water partition coefficient (Wildman–Crippen LogP) is 3.59. The molecule has 1 aromatic carbocycles. The molecule has 2 aromatic rings. The number of hydrogen-bond donors (Lipinski definition) is 1. The lowest BCUT2D eigenvalue weighted by Crippen LogP contribution is -2.28. The van der Waals surface area contributed by atoms with Crippen LogP contribution >= 0.6 is 0 Å². The van der Waals surface area contributed by atoms with Crippen molar-refractivity contribution in [3.05, 3.63) is 29.6 Å². The summed E-state index contributed by atoms with van der Waals surface area (Å²) >= 11 is 0. The first kappa shape index (κ1) is 13.2. The number of nitrogens with zero attached hydrogens (tertiary/aromatic N) is 2. The number of hydrogen-bond acceptors (Lipinski definition) is 2. The Morgan fingerprint density at radius 1 is 1.40 bits per heavy atom. The first-order chi connectivity index (χ1) is 9.57. The van der Waals surface area contributed by atoms with Crippen LogP contribution in [0.15, 0.2) is 18.2 Å². The lowest BCUT2D eigenvalue weighted by Gasteiger charge is -2.28. The van der Waals surface area contributed by atoms with Crippen molar-refractivity contribution >= 4 is 17.0 Å². The van der Waals surface area contributed by atoms with Crippen LogP contribution in [-0.4, -0.2) is 20.6 Å². The summed E-state index contributed by atoms with van der Waals surface area (Å²) in [5.41, 5.74) is 1.98. The van der Waals surface area contributed by atoms with Gasteiger partial charge in [0.15, 0.2) is 0 Å². The summed E-state index contributed by atoms with van der Waals surface area (Å²) in [6.45, 7) is 4.35. The zero-order valence-corrected chi connectivity index (χ0v) is 12.0. The van der Waals surface area contributed by atoms with E-state index in [9.17, 15) is 9.90 Å². The Balaban J connectivity index is 2.30. The molecule has 4 heteroatoms. The zero-order valence-electron chi connectivity index (χ0n) is 12.0. The molecule has 4 nitrogen and oxygen atoms in total. The largest absolute Gasteiger partial charge is 0.478 e. The SMILES string of the molecule is CCc1nc2c(C(=O)O)cccc2n1C1(C)CCCC1. The van der Waals surface area contributed by atoms with E-state index in [1.165, 1.54) is 12.8 Å². The van der Waals surface area contributed by atoms with E-state index in [2.05, 4.69) is 23.4 Å². The minimum absolute atomic E-state index is 0.0806. The summed E-state index contributed by atoms with van der Waals surface area (Å²) in [6, 6.07) is 5.46. The molecule has 1 aliphatic rings. The molecule has 106 valence electrons. The van der Waals surface area contributed by atoms with Crippen molar-refractivity contribution < 1.29 is 9.90 Å². The molecule has 3 rings (SSSR count). The Bertz CT molecular complexity index is 666. The van der Waals surface area contributed by atoms with Crippen molar-refractivity contribution in [1.82, 2.24) is 9.55 Å². The maximum Gasteiger partial charge on any atom is 0.337 e. The van der Waals surface area contributed by atoms with Gasteiger partial charge in [-0.2, -0.15) is 0 Å². The number of carboxylic acids is 1. The van der Waals surface area contributed by atoms with Crippen molar-refractivity contribution in [2.75, 3.05) is 0 Å². The highest BCUT2D eigenvalue weighted by Crippen LogP contribution is 2.39. The number of imidazole rings is 1. The molecule has 0 spiro atoms. The van der Waals surface area contributed by atoms with E-state index in [4.69, 9.17) is 0 Å². The Morgan fingerprint density at radius 3 is 2.70 bits per heavy atom. The van der Waals surface area contributed by atoms with Gasteiger partial charge in [-0.15, -0.1) is 0 Å². The van der Waals surface area contributed by atoms with Crippen LogP contribution < -0.4 is 0 Å². The van der Waals surface area contributed by atoms with Gasteiger partial charge in [0.05, 0.1) is 11.1 Å². The first-order valence-corrected chi connectivity index (χ1v) is 7.31. The molecule has 1 heterocycles. The van der Waals surface area contributed by atoms with Crippen LogP contribution in [0, 0.1) is 0 Å². The monoisotopic (exact) mass is 272 g/mol. The molecular formula is C16H20N2O2. The summed E-state index contributed by atoms with van der Waals surface area (Å²) < 4.78 is 2.29. The highest BCUT2D eigenvalue weighted by Gasteiger charge is 2.34. The van der Waals surface area contributed by atoms with Crippen molar-refractivity contribution in [3.8, 4) is 0 Å². The minimum Gasteiger partial charge on any atom is -0.478 e. The average Bonchev–Trinajstić information content (AvgIpc) is 3.01. The summed E-state index contributed by atoms with van der Waals surface area (Å²) in [5, 5.41) is 9.34. The molecule has 1 fully saturated rings. The Labute approximate surface area is 118 Å². The molecule has 0 saturated heterocycles. The molecule has 0 radical (unpaired) electrons. The molecule has 0 amide bonds. The average molecular weight is 272 g/mol. The molecule has 1 saturated carbocycles. The second kappa shape index (κ2) is 4.62. The van der Waals surface area contributed by atoms with Gasteiger partial charge in [0.25, 0.3) is 0 Å². The summed E-state index contributed by atoms with van der Waals surface area (Å²) in [5.74, 6) is 0.0950. The fourth-order valence-electron chi connectivity index (χ4n) is 3.52. The number of aromatic nitrogens is 2. The highest BCUT2D eigenvalue weighted by atomic mass is 16.4. The molecule has 0 aliphatic heterocycles. The lowest BCUT2D eigenvalue weighted by atomic mass is 9.99. The number of carboxylic acid groups (broad SMARTS) is 1. The van der Waals surface area contributed by atoms with E-state index in [-0.39, 0.29) is 5.54 Å². The number of para-hydroxylation sites is 1. The number of aryl methyl sites for hydroxylation is 1. The van der Waals surface area contributed by atoms with Gasteiger partial charge in [-0.1, -0.05) is 25.8 Å². The predicted molar refractivity (Wildman–Crippen MR) is 78.2 cm³/mol. The van der Waals surface area contributed by atoms with Crippen molar-refractivity contribution in [1.29, 1.82) is 0 Å². The molecule has 0 bridgehead atoms. The van der Waals surface area contributed by atoms with Crippen molar-refractivity contribution in [2.24, 2.45) is 0 Å². The van der Waals surface area contributed by atoms with Gasteiger partial charge in [-0.05, 0) is 31.9 Å². The van der Waals surface area contributed by atoms with Crippen LogP contribution in [0.5, 0.6) is 0 Å². The highest BCUT2D eigenvalue weighted by molar-refractivity contribution is 6.01. The summed E-state index contributed by atoms with van der Waals surface area (Å²) in [6.07, 6.45) is 5.57. The molecule has 0 atom stereocenters. The first-order valence-electron chi connectivity index (χ1n) is 7.31. The van der Waals surface area contributed by atoms with Crippen molar-refractivity contribution in [3.63, 3.8) is 0 Å². The third-order valence-electron chi connectivity index (χ3n) is 4.52. The van der Waals surface area contributed by atoms with Crippen LogP contribution in [0.1, 0.15) is 55.7 Å². The van der Waals surface area contributed by atoms with E-state index in [1.807, 2.05) is 12.1 Å². The number of fused-ring (bicyclic) bond motifs is 1. The van der Waals surface area contributed by atoms with E-state index >= 15 is 0 Å². The number of aromatic carboxylic acids is 1. The van der Waals surface area contributed by atoms with Gasteiger partial charge in [-0.25, -0.2) is 9.78 Å². The van der Waals surface area contributed by atoms with Gasteiger partial charge in [0.1, 0.15) is 11.3 Å². The quantitative estimate of drug-likeness (QED) is 0.929. The lowest BCUT2D eigenvalue weighted by molar-refractivity contribution is 0.0699. The maximum atomic E-state index is 11.4. The summed E-state index contributed by atoms with van der Waals surface area (Å²) in [7, 11) is 0. The smallest absolute Gasteiger partial charge is 0.337 e. The zero-order chi connectivity index (χ0) is 14.3. The van der Waals surface area contributed by atoms with Gasteiger partial charge < -0.3 is 9.67 Å². The summed E-state index contributed by atoms with van der Waals surface area (Å²) in [4.78, 5) is 16.0.